The largest absolute Gasteiger partial charge is 0.495 e. The van der Waals surface area contributed by atoms with Gasteiger partial charge in [0, 0.05) is 23.6 Å². The van der Waals surface area contributed by atoms with Crippen LogP contribution in [0, 0.1) is 17.3 Å². The predicted molar refractivity (Wildman–Crippen MR) is 162 cm³/mol. The van der Waals surface area contributed by atoms with Crippen molar-refractivity contribution in [1.82, 2.24) is 0 Å². The van der Waals surface area contributed by atoms with Crippen LogP contribution in [0.3, 0.4) is 0 Å². The van der Waals surface area contributed by atoms with Crippen molar-refractivity contribution in [2.75, 3.05) is 23.9 Å². The summed E-state index contributed by atoms with van der Waals surface area (Å²) in [6, 6.07) is 12.6. The van der Waals surface area contributed by atoms with Gasteiger partial charge in [0.05, 0.1) is 18.7 Å². The summed E-state index contributed by atoms with van der Waals surface area (Å²) in [7, 11) is 1.55. The summed E-state index contributed by atoms with van der Waals surface area (Å²) in [5.41, 5.74) is 2.09. The summed E-state index contributed by atoms with van der Waals surface area (Å²) in [6.45, 7) is 14.3. The number of carboxylic acid groups (broad SMARTS) is 1. The van der Waals surface area contributed by atoms with Crippen LogP contribution < -0.4 is 15.0 Å². The highest BCUT2D eigenvalue weighted by atomic mass is 16.5. The number of rotatable bonds is 14. The summed E-state index contributed by atoms with van der Waals surface area (Å²) >= 11 is 0. The third kappa shape index (κ3) is 9.10. The molecule has 0 fully saturated rings. The molecule has 220 valence electrons. The molecule has 2 N–H and O–H groups in total. The third-order valence-corrected chi connectivity index (χ3v) is 7.06. The molecule has 0 saturated heterocycles. The maximum atomic E-state index is 13.4. The van der Waals surface area contributed by atoms with Crippen LogP contribution in [0.1, 0.15) is 91.2 Å². The number of carbonyl (C=O) groups is 3. The molecule has 0 aliphatic carbocycles. The number of carbonyl (C=O) groups excluding carboxylic acids is 2. The summed E-state index contributed by atoms with van der Waals surface area (Å²) in [5, 5.41) is 13.2. The topological polar surface area (TPSA) is 95.9 Å². The van der Waals surface area contributed by atoms with Gasteiger partial charge in [-0.25, -0.2) is 0 Å². The van der Waals surface area contributed by atoms with Gasteiger partial charge >= 0.3 is 5.97 Å². The van der Waals surface area contributed by atoms with Crippen molar-refractivity contribution in [2.45, 2.75) is 86.5 Å². The Bertz CT molecular complexity index is 1130. The number of nitrogens with one attached hydrogen (secondary N) is 1. The molecule has 0 bridgehead atoms. The lowest BCUT2D eigenvalue weighted by Gasteiger charge is -2.32. The zero-order valence-electron chi connectivity index (χ0n) is 25.5. The van der Waals surface area contributed by atoms with Gasteiger partial charge in [-0.3, -0.25) is 14.4 Å². The molecule has 7 nitrogen and oxygen atoms in total. The summed E-state index contributed by atoms with van der Waals surface area (Å²) in [4.78, 5) is 40.3. The monoisotopic (exact) mass is 552 g/mol. The van der Waals surface area contributed by atoms with E-state index < -0.39 is 17.3 Å². The fourth-order valence-corrected chi connectivity index (χ4v) is 4.72. The normalized spacial score (nSPS) is 13.0. The second kappa shape index (κ2) is 14.9. The van der Waals surface area contributed by atoms with E-state index in [0.29, 0.717) is 29.2 Å². The van der Waals surface area contributed by atoms with Crippen LogP contribution in [-0.4, -0.2) is 36.5 Å². The van der Waals surface area contributed by atoms with E-state index in [2.05, 4.69) is 12.2 Å². The number of unbranched alkanes of at least 4 members (excludes halogenated alkanes) is 1. The third-order valence-electron chi connectivity index (χ3n) is 7.06. The molecular formula is C33H48N2O5. The van der Waals surface area contributed by atoms with Gasteiger partial charge in [0.25, 0.3) is 0 Å². The lowest BCUT2D eigenvalue weighted by atomic mass is 9.90. The van der Waals surface area contributed by atoms with Crippen LogP contribution in [0.25, 0.3) is 0 Å². The van der Waals surface area contributed by atoms with E-state index in [1.807, 2.05) is 65.8 Å². The number of hydrogen-bond acceptors (Lipinski definition) is 4. The number of carboxylic acids is 1. The number of anilines is 2. The van der Waals surface area contributed by atoms with Gasteiger partial charge in [0.2, 0.25) is 11.8 Å². The quantitative estimate of drug-likeness (QED) is 0.256. The molecule has 0 aromatic heterocycles. The van der Waals surface area contributed by atoms with Crippen molar-refractivity contribution in [2.24, 2.45) is 17.3 Å². The second-order valence-electron chi connectivity index (χ2n) is 12.0. The fourth-order valence-electron chi connectivity index (χ4n) is 4.72. The first kappa shape index (κ1) is 32.9. The van der Waals surface area contributed by atoms with Crippen LogP contribution in [0.2, 0.25) is 0 Å². The minimum atomic E-state index is -0.951. The zero-order valence-corrected chi connectivity index (χ0v) is 25.5. The Kier molecular flexibility index (Phi) is 12.2. The number of hydrogen-bond donors (Lipinski definition) is 2. The highest BCUT2D eigenvalue weighted by Crippen LogP contribution is 2.36. The summed E-state index contributed by atoms with van der Waals surface area (Å²) in [5.74, 6) is -1.10. The molecule has 0 radical (unpaired) electrons. The standard InChI is InChI=1S/C33H48N2O5/c1-9-11-12-24(10-2)30(36)34-26-16-13-23(14-17-26)19-27(31(37)38)25-15-18-29(40-8)28(20-25)35(21-22(3)4)32(39)33(5,6)7/h13-18,20,22,24,27H,9-12,19,21H2,1-8H3,(H,34,36)(H,37,38). The maximum Gasteiger partial charge on any atom is 0.311 e. The lowest BCUT2D eigenvalue weighted by Crippen LogP contribution is -2.42. The van der Waals surface area contributed by atoms with Crippen molar-refractivity contribution in [1.29, 1.82) is 0 Å². The van der Waals surface area contributed by atoms with Crippen molar-refractivity contribution in [3.8, 4) is 5.75 Å². The Hall–Kier alpha value is -3.35. The Morgan fingerprint density at radius 3 is 2.17 bits per heavy atom. The summed E-state index contributed by atoms with van der Waals surface area (Å²) < 4.78 is 5.60. The van der Waals surface area contributed by atoms with Crippen LogP contribution in [-0.2, 0) is 20.8 Å². The van der Waals surface area contributed by atoms with Gasteiger partial charge in [0.15, 0.2) is 0 Å². The van der Waals surface area contributed by atoms with Crippen LogP contribution in [0.5, 0.6) is 5.75 Å². The minimum Gasteiger partial charge on any atom is -0.495 e. The molecule has 2 aromatic carbocycles. The molecule has 2 rings (SSSR count). The van der Waals surface area contributed by atoms with Gasteiger partial charge in [0.1, 0.15) is 5.75 Å². The molecule has 2 unspecified atom stereocenters. The number of aliphatic carboxylic acids is 1. The number of benzene rings is 2. The molecule has 2 amide bonds. The Balaban J connectivity index is 2.34. The first-order valence-corrected chi connectivity index (χ1v) is 14.4. The van der Waals surface area contributed by atoms with E-state index in [1.54, 1.807) is 30.2 Å². The first-order chi connectivity index (χ1) is 18.8. The van der Waals surface area contributed by atoms with Crippen LogP contribution in [0.15, 0.2) is 42.5 Å². The number of ether oxygens (including phenoxy) is 1. The zero-order chi connectivity index (χ0) is 30.0. The Morgan fingerprint density at radius 1 is 1.02 bits per heavy atom. The van der Waals surface area contributed by atoms with Gasteiger partial charge in [-0.2, -0.15) is 0 Å². The highest BCUT2D eigenvalue weighted by molar-refractivity contribution is 5.98. The molecule has 0 saturated carbocycles. The minimum absolute atomic E-state index is 0.0132. The van der Waals surface area contributed by atoms with E-state index in [9.17, 15) is 19.5 Å². The molecule has 0 spiro atoms. The van der Waals surface area contributed by atoms with Crippen molar-refractivity contribution in [3.63, 3.8) is 0 Å². The molecule has 2 aromatic rings. The molecule has 7 heteroatoms. The average molecular weight is 553 g/mol. The van der Waals surface area contributed by atoms with E-state index in [1.165, 1.54) is 0 Å². The van der Waals surface area contributed by atoms with Crippen LogP contribution in [0.4, 0.5) is 11.4 Å². The molecule has 0 heterocycles. The smallest absolute Gasteiger partial charge is 0.311 e. The SMILES string of the molecule is CCCCC(CC)C(=O)Nc1ccc(CC(C(=O)O)c2ccc(OC)c(N(CC(C)C)C(=O)C(C)(C)C)c2)cc1. The molecule has 0 aliphatic heterocycles. The molecule has 40 heavy (non-hydrogen) atoms. The van der Waals surface area contributed by atoms with Gasteiger partial charge in [-0.05, 0) is 60.6 Å². The second-order valence-corrected chi connectivity index (χ2v) is 12.0. The van der Waals surface area contributed by atoms with Crippen molar-refractivity contribution >= 4 is 29.2 Å². The Morgan fingerprint density at radius 2 is 1.68 bits per heavy atom. The lowest BCUT2D eigenvalue weighted by molar-refractivity contribution is -0.138. The molecule has 0 aliphatic rings. The van der Waals surface area contributed by atoms with Gasteiger partial charge in [-0.15, -0.1) is 0 Å². The fraction of sp³-hybridized carbons (Fsp3) is 0.545. The average Bonchev–Trinajstić information content (AvgIpc) is 2.90. The number of nitrogens with zero attached hydrogens (tertiary/aromatic N) is 1. The summed E-state index contributed by atoms with van der Waals surface area (Å²) in [6.07, 6.45) is 4.01. The van der Waals surface area contributed by atoms with E-state index >= 15 is 0 Å². The maximum absolute atomic E-state index is 13.4. The van der Waals surface area contributed by atoms with Crippen LogP contribution >= 0.6 is 0 Å². The van der Waals surface area contributed by atoms with Gasteiger partial charge < -0.3 is 20.1 Å². The number of amides is 2. The Labute approximate surface area is 240 Å². The highest BCUT2D eigenvalue weighted by Gasteiger charge is 2.31. The van der Waals surface area contributed by atoms with E-state index in [0.717, 1.165) is 31.2 Å². The first-order valence-electron chi connectivity index (χ1n) is 14.4. The van der Waals surface area contributed by atoms with Gasteiger partial charge in [-0.1, -0.05) is 79.5 Å². The van der Waals surface area contributed by atoms with E-state index in [-0.39, 0.29) is 30.1 Å². The number of methoxy groups -OCH3 is 1. The van der Waals surface area contributed by atoms with E-state index in [4.69, 9.17) is 4.74 Å². The predicted octanol–water partition coefficient (Wildman–Crippen LogP) is 7.30. The molecular weight excluding hydrogens is 504 g/mol. The molecule has 2 atom stereocenters. The van der Waals surface area contributed by atoms with Crippen molar-refractivity contribution in [3.05, 3.63) is 53.6 Å². The van der Waals surface area contributed by atoms with Crippen molar-refractivity contribution < 1.29 is 24.2 Å².